The van der Waals surface area contributed by atoms with Crippen LogP contribution in [0.1, 0.15) is 19.8 Å². The molecule has 0 radical (unpaired) electrons. The van der Waals surface area contributed by atoms with Gasteiger partial charge in [0.2, 0.25) is 0 Å². The summed E-state index contributed by atoms with van der Waals surface area (Å²) >= 11 is 4.42. The summed E-state index contributed by atoms with van der Waals surface area (Å²) < 4.78 is 5.16. The van der Waals surface area contributed by atoms with Crippen LogP contribution in [0, 0.1) is 5.92 Å². The Morgan fingerprint density at radius 3 is 2.41 bits per heavy atom. The van der Waals surface area contributed by atoms with Crippen LogP contribution >= 0.6 is 12.6 Å². The second-order valence-electron chi connectivity index (χ2n) is 4.42. The van der Waals surface area contributed by atoms with Gasteiger partial charge in [0, 0.05) is 19.3 Å². The molecule has 1 rings (SSSR count). The highest BCUT2D eigenvalue weighted by Crippen LogP contribution is 2.20. The third kappa shape index (κ3) is 4.50. The summed E-state index contributed by atoms with van der Waals surface area (Å²) in [7, 11) is 3.82. The molecule has 0 saturated carbocycles. The second kappa shape index (κ2) is 7.49. The zero-order valence-electron chi connectivity index (χ0n) is 11.0. The number of benzene rings is 1. The lowest BCUT2D eigenvalue weighted by molar-refractivity contribution is 0.415. The predicted octanol–water partition coefficient (Wildman–Crippen LogP) is 3.48. The number of anilines is 1. The van der Waals surface area contributed by atoms with Gasteiger partial charge in [-0.1, -0.05) is 13.3 Å². The second-order valence-corrected chi connectivity index (χ2v) is 4.78. The summed E-state index contributed by atoms with van der Waals surface area (Å²) in [6, 6.07) is 8.20. The van der Waals surface area contributed by atoms with Gasteiger partial charge in [0.25, 0.3) is 0 Å². The minimum absolute atomic E-state index is 0.662. The molecule has 3 heteroatoms. The first kappa shape index (κ1) is 14.2. The Kier molecular flexibility index (Phi) is 6.27. The zero-order chi connectivity index (χ0) is 12.7. The van der Waals surface area contributed by atoms with Crippen LogP contribution in [0.25, 0.3) is 0 Å². The molecule has 2 nitrogen and oxygen atoms in total. The number of rotatable bonds is 7. The molecule has 0 aliphatic rings. The molecule has 1 aromatic carbocycles. The molecule has 0 N–H and O–H groups in total. The Bertz CT molecular complexity index is 313. The Hall–Kier alpha value is -0.830. The van der Waals surface area contributed by atoms with Crippen LogP contribution in [0.3, 0.4) is 0 Å². The standard InChI is InChI=1S/C14H23NOS/c1-4-5-12(11-17)10-15(2)13-6-8-14(16-3)9-7-13/h6-9,12,17H,4-5,10-11H2,1-3H3. The Labute approximate surface area is 110 Å². The largest absolute Gasteiger partial charge is 0.497 e. The summed E-state index contributed by atoms with van der Waals surface area (Å²) in [5.74, 6) is 2.52. The number of methoxy groups -OCH3 is 1. The lowest BCUT2D eigenvalue weighted by atomic mass is 10.1. The molecule has 0 spiro atoms. The van der Waals surface area contributed by atoms with Crippen LogP contribution < -0.4 is 9.64 Å². The van der Waals surface area contributed by atoms with Crippen LogP contribution in [0.15, 0.2) is 24.3 Å². The summed E-state index contributed by atoms with van der Waals surface area (Å²) in [6.45, 7) is 3.29. The van der Waals surface area contributed by atoms with Gasteiger partial charge in [-0.3, -0.25) is 0 Å². The Morgan fingerprint density at radius 2 is 1.94 bits per heavy atom. The van der Waals surface area contributed by atoms with Crippen LogP contribution in [0.5, 0.6) is 5.75 Å². The van der Waals surface area contributed by atoms with E-state index in [4.69, 9.17) is 4.74 Å². The third-order valence-corrected chi connectivity index (χ3v) is 3.52. The minimum atomic E-state index is 0.662. The van der Waals surface area contributed by atoms with Crippen molar-refractivity contribution in [3.63, 3.8) is 0 Å². The summed E-state index contributed by atoms with van der Waals surface area (Å²) in [5.41, 5.74) is 1.23. The lowest BCUT2D eigenvalue weighted by Gasteiger charge is -2.24. The highest BCUT2D eigenvalue weighted by Gasteiger charge is 2.09. The lowest BCUT2D eigenvalue weighted by Crippen LogP contribution is -2.26. The molecule has 0 fully saturated rings. The average molecular weight is 253 g/mol. The molecular formula is C14H23NOS. The van der Waals surface area contributed by atoms with E-state index >= 15 is 0 Å². The van der Waals surface area contributed by atoms with Crippen molar-refractivity contribution in [3.05, 3.63) is 24.3 Å². The fourth-order valence-electron chi connectivity index (χ4n) is 1.98. The van der Waals surface area contributed by atoms with Crippen molar-refractivity contribution in [2.45, 2.75) is 19.8 Å². The fourth-order valence-corrected chi connectivity index (χ4v) is 2.28. The molecule has 0 saturated heterocycles. The highest BCUT2D eigenvalue weighted by molar-refractivity contribution is 7.80. The van der Waals surface area contributed by atoms with Crippen LogP contribution in [0.4, 0.5) is 5.69 Å². The summed E-state index contributed by atoms with van der Waals surface area (Å²) in [4.78, 5) is 2.29. The van der Waals surface area contributed by atoms with Crippen molar-refractivity contribution in [1.29, 1.82) is 0 Å². The van der Waals surface area contributed by atoms with Crippen LogP contribution in [-0.4, -0.2) is 26.5 Å². The van der Waals surface area contributed by atoms with Crippen LogP contribution in [-0.2, 0) is 0 Å². The molecule has 1 aromatic rings. The van der Waals surface area contributed by atoms with Crippen molar-refractivity contribution in [2.75, 3.05) is 31.4 Å². The fraction of sp³-hybridized carbons (Fsp3) is 0.571. The maximum atomic E-state index is 5.16. The third-order valence-electron chi connectivity index (χ3n) is 3.00. The zero-order valence-corrected chi connectivity index (χ0v) is 11.9. The first-order valence-corrected chi connectivity index (χ1v) is 6.80. The van der Waals surface area contributed by atoms with E-state index in [0.717, 1.165) is 18.0 Å². The number of ether oxygens (including phenoxy) is 1. The van der Waals surface area contributed by atoms with E-state index in [2.05, 4.69) is 43.6 Å². The molecule has 1 unspecified atom stereocenters. The van der Waals surface area contributed by atoms with Gasteiger partial charge in [0.1, 0.15) is 5.75 Å². The molecule has 0 heterocycles. The van der Waals surface area contributed by atoms with Crippen molar-refractivity contribution >= 4 is 18.3 Å². The van der Waals surface area contributed by atoms with E-state index in [1.54, 1.807) is 7.11 Å². The van der Waals surface area contributed by atoms with E-state index in [0.29, 0.717) is 5.92 Å². The number of hydrogen-bond acceptors (Lipinski definition) is 3. The van der Waals surface area contributed by atoms with Gasteiger partial charge in [-0.15, -0.1) is 0 Å². The molecule has 1 atom stereocenters. The van der Waals surface area contributed by atoms with Gasteiger partial charge >= 0.3 is 0 Å². The van der Waals surface area contributed by atoms with E-state index in [9.17, 15) is 0 Å². The van der Waals surface area contributed by atoms with Crippen molar-refractivity contribution in [2.24, 2.45) is 5.92 Å². The van der Waals surface area contributed by atoms with Gasteiger partial charge in [0.05, 0.1) is 7.11 Å². The first-order chi connectivity index (χ1) is 8.21. The molecule has 0 amide bonds. The van der Waals surface area contributed by atoms with E-state index in [1.165, 1.54) is 18.5 Å². The molecule has 96 valence electrons. The maximum absolute atomic E-state index is 5.16. The van der Waals surface area contributed by atoms with Gasteiger partial charge in [-0.05, 0) is 42.4 Å². The molecule has 0 aliphatic carbocycles. The summed E-state index contributed by atoms with van der Waals surface area (Å²) in [5, 5.41) is 0. The highest BCUT2D eigenvalue weighted by atomic mass is 32.1. The summed E-state index contributed by atoms with van der Waals surface area (Å²) in [6.07, 6.45) is 2.46. The molecule has 0 aromatic heterocycles. The van der Waals surface area contributed by atoms with E-state index < -0.39 is 0 Å². The maximum Gasteiger partial charge on any atom is 0.119 e. The number of thiol groups is 1. The SMILES string of the molecule is CCCC(CS)CN(C)c1ccc(OC)cc1. The minimum Gasteiger partial charge on any atom is -0.497 e. The van der Waals surface area contributed by atoms with E-state index in [-0.39, 0.29) is 0 Å². The molecule has 17 heavy (non-hydrogen) atoms. The van der Waals surface area contributed by atoms with Crippen LogP contribution in [0.2, 0.25) is 0 Å². The van der Waals surface area contributed by atoms with Crippen molar-refractivity contribution in [1.82, 2.24) is 0 Å². The first-order valence-electron chi connectivity index (χ1n) is 6.17. The average Bonchev–Trinajstić information content (AvgIpc) is 2.38. The smallest absolute Gasteiger partial charge is 0.119 e. The van der Waals surface area contributed by atoms with Gasteiger partial charge in [0.15, 0.2) is 0 Å². The quantitative estimate of drug-likeness (QED) is 0.747. The van der Waals surface area contributed by atoms with Crippen molar-refractivity contribution in [3.8, 4) is 5.75 Å². The molecule has 0 bridgehead atoms. The Balaban J connectivity index is 2.58. The number of hydrogen-bond donors (Lipinski definition) is 1. The molecular weight excluding hydrogens is 230 g/mol. The Morgan fingerprint density at radius 1 is 1.29 bits per heavy atom. The normalized spacial score (nSPS) is 12.2. The monoisotopic (exact) mass is 253 g/mol. The number of nitrogens with zero attached hydrogens (tertiary/aromatic N) is 1. The molecule has 0 aliphatic heterocycles. The van der Waals surface area contributed by atoms with E-state index in [1.807, 2.05) is 12.1 Å². The van der Waals surface area contributed by atoms with Gasteiger partial charge < -0.3 is 9.64 Å². The predicted molar refractivity (Wildman–Crippen MR) is 78.5 cm³/mol. The van der Waals surface area contributed by atoms with Gasteiger partial charge in [-0.25, -0.2) is 0 Å². The topological polar surface area (TPSA) is 12.5 Å². The van der Waals surface area contributed by atoms with Crippen molar-refractivity contribution < 1.29 is 4.74 Å². The van der Waals surface area contributed by atoms with Gasteiger partial charge in [-0.2, -0.15) is 12.6 Å².